The normalized spacial score (nSPS) is 13.0. The van der Waals surface area contributed by atoms with E-state index in [1.807, 2.05) is 13.8 Å². The van der Waals surface area contributed by atoms with Crippen LogP contribution in [-0.2, 0) is 10.0 Å². The number of amides is 2. The molecule has 19 heavy (non-hydrogen) atoms. The van der Waals surface area contributed by atoms with Gasteiger partial charge in [-0.15, -0.1) is 0 Å². The molecule has 0 aliphatic rings. The molecule has 0 aliphatic carbocycles. The van der Waals surface area contributed by atoms with Gasteiger partial charge in [0.05, 0.1) is 0 Å². The fourth-order valence-corrected chi connectivity index (χ4v) is 2.14. The summed E-state index contributed by atoms with van der Waals surface area (Å²) in [6.45, 7) is 4.26. The first kappa shape index (κ1) is 18.6. The fourth-order valence-electron chi connectivity index (χ4n) is 1.28. The Hall–Kier alpha value is -0.400. The summed E-state index contributed by atoms with van der Waals surface area (Å²) in [5, 5.41) is 2.44. The van der Waals surface area contributed by atoms with Gasteiger partial charge in [-0.05, 0) is 25.5 Å². The smallest absolute Gasteiger partial charge is 0.760 e. The molecule has 0 aliphatic heterocycles. The number of carbonyl (C=O) groups is 1. The molecule has 2 amide bonds. The molecular formula is C12H17N2NaO3S. The summed E-state index contributed by atoms with van der Waals surface area (Å²) in [5.74, 6) is 0. The third-order valence-electron chi connectivity index (χ3n) is 2.33. The minimum absolute atomic E-state index is 0. The molecule has 7 heteroatoms. The molecule has 0 saturated heterocycles. The minimum Gasteiger partial charge on any atom is -0.760 e. The standard InChI is InChI=1S/C12H18N2O3S.Na/c1-3-4-9-13-12(15)14-18(16,17)11-7-5-10(2)6-8-11;/h5-8H,3-4,9H2,1-2H3,(H2,13,14,15,16,17);/q;+1/p-1. The van der Waals surface area contributed by atoms with Crippen molar-refractivity contribution in [3.8, 4) is 0 Å². The van der Waals surface area contributed by atoms with Crippen LogP contribution in [0.15, 0.2) is 33.5 Å². The van der Waals surface area contributed by atoms with Gasteiger partial charge in [-0.25, -0.2) is 4.79 Å². The summed E-state index contributed by atoms with van der Waals surface area (Å²) in [7, 11) is -3.90. The largest absolute Gasteiger partial charge is 1.00 e. The Kier molecular flexibility index (Phi) is 8.52. The summed E-state index contributed by atoms with van der Waals surface area (Å²) in [6, 6.07) is 5.39. The Morgan fingerprint density at radius 3 is 2.47 bits per heavy atom. The molecule has 0 bridgehead atoms. The van der Waals surface area contributed by atoms with Crippen molar-refractivity contribution >= 4 is 16.0 Å². The van der Waals surface area contributed by atoms with Crippen LogP contribution in [0.3, 0.4) is 0 Å². The topological polar surface area (TPSA) is 81.6 Å². The monoisotopic (exact) mass is 292 g/mol. The van der Waals surface area contributed by atoms with Gasteiger partial charge in [0.1, 0.15) is 0 Å². The van der Waals surface area contributed by atoms with E-state index in [0.29, 0.717) is 6.54 Å². The molecule has 0 saturated carbocycles. The third-order valence-corrected chi connectivity index (χ3v) is 3.60. The van der Waals surface area contributed by atoms with E-state index in [2.05, 4.69) is 9.68 Å². The molecule has 5 nitrogen and oxygen atoms in total. The second-order valence-electron chi connectivity index (χ2n) is 3.96. The zero-order chi connectivity index (χ0) is 13.6. The van der Waals surface area contributed by atoms with Crippen LogP contribution in [0, 0.1) is 6.92 Å². The average molecular weight is 292 g/mol. The first-order valence-electron chi connectivity index (χ1n) is 5.78. The van der Waals surface area contributed by atoms with E-state index in [0.717, 1.165) is 18.4 Å². The van der Waals surface area contributed by atoms with Crippen molar-refractivity contribution in [1.29, 1.82) is 0 Å². The third kappa shape index (κ3) is 6.54. The quantitative estimate of drug-likeness (QED) is 0.598. The van der Waals surface area contributed by atoms with Gasteiger partial charge in [0, 0.05) is 21.5 Å². The number of hydrogen-bond donors (Lipinski definition) is 1. The Morgan fingerprint density at radius 2 is 1.95 bits per heavy atom. The van der Waals surface area contributed by atoms with Crippen LogP contribution in [0.25, 0.3) is 0 Å². The SMILES string of the molecule is CCCCNC(=O)N=S(=O)([O-])c1ccc(C)cc1.[Na+]. The number of rotatable bonds is 4. The molecule has 0 heterocycles. The zero-order valence-corrected chi connectivity index (χ0v) is 14.3. The van der Waals surface area contributed by atoms with Crippen molar-refractivity contribution < 1.29 is 43.1 Å². The van der Waals surface area contributed by atoms with Crippen LogP contribution in [0.5, 0.6) is 0 Å². The molecule has 1 unspecified atom stereocenters. The zero-order valence-electron chi connectivity index (χ0n) is 11.5. The molecule has 0 fully saturated rings. The second kappa shape index (κ2) is 8.71. The molecule has 0 aromatic heterocycles. The van der Waals surface area contributed by atoms with E-state index in [-0.39, 0.29) is 34.5 Å². The van der Waals surface area contributed by atoms with Crippen LogP contribution in [-0.4, -0.2) is 21.3 Å². The Labute approximate surface area is 136 Å². The number of hydrogen-bond acceptors (Lipinski definition) is 3. The maximum Gasteiger partial charge on any atom is 1.00 e. The van der Waals surface area contributed by atoms with E-state index in [4.69, 9.17) is 0 Å². The number of nitrogens with zero attached hydrogens (tertiary/aromatic N) is 1. The van der Waals surface area contributed by atoms with Crippen LogP contribution < -0.4 is 34.9 Å². The first-order chi connectivity index (χ1) is 8.45. The Bertz CT molecular complexity index is 522. The predicted molar refractivity (Wildman–Crippen MR) is 69.1 cm³/mol. The second-order valence-corrected chi connectivity index (χ2v) is 5.57. The molecular weight excluding hydrogens is 275 g/mol. The van der Waals surface area contributed by atoms with Crippen molar-refractivity contribution in [2.24, 2.45) is 4.36 Å². The molecule has 0 spiro atoms. The number of nitrogens with one attached hydrogen (secondary N) is 1. The molecule has 0 radical (unpaired) electrons. The number of urea groups is 1. The van der Waals surface area contributed by atoms with E-state index < -0.39 is 16.0 Å². The minimum atomic E-state index is -3.90. The summed E-state index contributed by atoms with van der Waals surface area (Å²) >= 11 is 0. The number of aryl methyl sites for hydroxylation is 1. The van der Waals surface area contributed by atoms with Crippen molar-refractivity contribution in [3.63, 3.8) is 0 Å². The summed E-state index contributed by atoms with van der Waals surface area (Å²) in [4.78, 5) is 11.3. The summed E-state index contributed by atoms with van der Waals surface area (Å²) in [5.41, 5.74) is 0.946. The van der Waals surface area contributed by atoms with Crippen molar-refractivity contribution in [2.75, 3.05) is 6.54 Å². The first-order valence-corrected chi connectivity index (χ1v) is 7.22. The van der Waals surface area contributed by atoms with Gasteiger partial charge < -0.3 is 9.87 Å². The van der Waals surface area contributed by atoms with E-state index >= 15 is 0 Å². The van der Waals surface area contributed by atoms with Crippen molar-refractivity contribution in [1.82, 2.24) is 5.32 Å². The van der Waals surface area contributed by atoms with Crippen molar-refractivity contribution in [2.45, 2.75) is 31.6 Å². The molecule has 1 N–H and O–H groups in total. The molecule has 1 atom stereocenters. The summed E-state index contributed by atoms with van der Waals surface area (Å²) < 4.78 is 26.7. The number of carbonyl (C=O) groups excluding carboxylic acids is 1. The molecule has 1 aromatic rings. The van der Waals surface area contributed by atoms with Gasteiger partial charge in [0.25, 0.3) is 0 Å². The average Bonchev–Trinajstić information content (AvgIpc) is 2.29. The van der Waals surface area contributed by atoms with Crippen LogP contribution in [0.4, 0.5) is 4.79 Å². The van der Waals surface area contributed by atoms with Gasteiger partial charge >= 0.3 is 35.6 Å². The Morgan fingerprint density at radius 1 is 1.37 bits per heavy atom. The molecule has 100 valence electrons. The van der Waals surface area contributed by atoms with E-state index in [1.165, 1.54) is 12.1 Å². The van der Waals surface area contributed by atoms with Gasteiger partial charge in [0.15, 0.2) is 0 Å². The fraction of sp³-hybridized carbons (Fsp3) is 0.417. The maximum absolute atomic E-state index is 11.8. The van der Waals surface area contributed by atoms with Crippen LogP contribution in [0.2, 0.25) is 0 Å². The molecule has 1 aromatic carbocycles. The predicted octanol–water partition coefficient (Wildman–Crippen LogP) is -0.534. The summed E-state index contributed by atoms with van der Waals surface area (Å²) in [6.07, 6.45) is 1.72. The van der Waals surface area contributed by atoms with Gasteiger partial charge in [-0.3, -0.25) is 4.21 Å². The maximum atomic E-state index is 11.8. The molecule has 1 rings (SSSR count). The van der Waals surface area contributed by atoms with E-state index in [1.54, 1.807) is 12.1 Å². The number of unbranched alkanes of at least 4 members (excludes halogenated alkanes) is 1. The number of benzene rings is 1. The van der Waals surface area contributed by atoms with Gasteiger partial charge in [0.2, 0.25) is 0 Å². The van der Waals surface area contributed by atoms with Crippen LogP contribution in [0.1, 0.15) is 25.3 Å². The van der Waals surface area contributed by atoms with Gasteiger partial charge in [-0.1, -0.05) is 31.0 Å². The van der Waals surface area contributed by atoms with E-state index in [9.17, 15) is 13.6 Å². The van der Waals surface area contributed by atoms with Crippen LogP contribution >= 0.6 is 0 Å². The van der Waals surface area contributed by atoms with Gasteiger partial charge in [-0.2, -0.15) is 4.36 Å². The van der Waals surface area contributed by atoms with Crippen molar-refractivity contribution in [3.05, 3.63) is 29.8 Å². The Balaban J connectivity index is 0.00000324.